The van der Waals surface area contributed by atoms with E-state index in [1.165, 1.54) is 23.4 Å². The average Bonchev–Trinajstić information content (AvgIpc) is 2.71. The molecule has 0 saturated carbocycles. The van der Waals surface area contributed by atoms with E-state index in [-0.39, 0.29) is 11.6 Å². The third-order valence-corrected chi connectivity index (χ3v) is 6.80. The van der Waals surface area contributed by atoms with E-state index in [1.807, 2.05) is 18.2 Å². The zero-order valence-electron chi connectivity index (χ0n) is 14.5. The summed E-state index contributed by atoms with van der Waals surface area (Å²) >= 11 is 3.11. The maximum Gasteiger partial charge on any atom is 0.269 e. The number of nitro groups is 1. The number of benzene rings is 2. The van der Waals surface area contributed by atoms with E-state index in [2.05, 4.69) is 11.1 Å². The van der Waals surface area contributed by atoms with E-state index in [9.17, 15) is 14.9 Å². The van der Waals surface area contributed by atoms with Gasteiger partial charge in [-0.15, -0.1) is 0 Å². The number of carbonyl (C=O) groups is 1. The topological polar surface area (TPSA) is 75.8 Å². The van der Waals surface area contributed by atoms with E-state index < -0.39 is 4.92 Å². The molecular weight excluding hydrogens is 382 g/mol. The maximum atomic E-state index is 12.8. The lowest BCUT2D eigenvalue weighted by Crippen LogP contribution is -2.36. The highest BCUT2D eigenvalue weighted by atomic mass is 32.2. The smallest absolute Gasteiger partial charge is 0.269 e. The van der Waals surface area contributed by atoms with Crippen LogP contribution in [-0.4, -0.2) is 27.5 Å². The number of anilines is 1. The summed E-state index contributed by atoms with van der Waals surface area (Å²) in [5, 5.41) is 11.0. The van der Waals surface area contributed by atoms with Crippen molar-refractivity contribution in [2.24, 2.45) is 4.99 Å². The predicted octanol–water partition coefficient (Wildman–Crippen LogP) is 4.54. The fourth-order valence-corrected chi connectivity index (χ4v) is 5.18. The van der Waals surface area contributed by atoms with Gasteiger partial charge in [-0.3, -0.25) is 14.9 Å². The Morgan fingerprint density at radius 1 is 1.26 bits per heavy atom. The first-order chi connectivity index (χ1) is 13.1. The zero-order chi connectivity index (χ0) is 18.8. The number of fused-ring (bicyclic) bond motifs is 2. The van der Waals surface area contributed by atoms with Crippen molar-refractivity contribution in [1.82, 2.24) is 0 Å². The Kier molecular flexibility index (Phi) is 5.18. The van der Waals surface area contributed by atoms with E-state index >= 15 is 0 Å². The summed E-state index contributed by atoms with van der Waals surface area (Å²) in [5.41, 5.74) is 3.92. The summed E-state index contributed by atoms with van der Waals surface area (Å²) in [6.07, 6.45) is 1.57. The van der Waals surface area contributed by atoms with Crippen molar-refractivity contribution in [2.75, 3.05) is 17.2 Å². The molecule has 4 rings (SSSR count). The summed E-state index contributed by atoms with van der Waals surface area (Å²) in [5.74, 6) is 1.19. The highest BCUT2D eigenvalue weighted by molar-refractivity contribution is 8.38. The van der Waals surface area contributed by atoms with Gasteiger partial charge in [-0.1, -0.05) is 41.7 Å². The minimum absolute atomic E-state index is 0.0111. The Morgan fingerprint density at radius 3 is 2.96 bits per heavy atom. The largest absolute Gasteiger partial charge is 0.311 e. The molecule has 2 aliphatic heterocycles. The lowest BCUT2D eigenvalue weighted by atomic mass is 10.0. The molecular formula is C19H17N3O3S2. The van der Waals surface area contributed by atoms with Crippen LogP contribution in [0.2, 0.25) is 0 Å². The summed E-state index contributed by atoms with van der Waals surface area (Å²) in [4.78, 5) is 29.7. The number of para-hydroxylation sites is 1. The number of rotatable bonds is 3. The van der Waals surface area contributed by atoms with Gasteiger partial charge >= 0.3 is 0 Å². The van der Waals surface area contributed by atoms with Crippen molar-refractivity contribution >= 4 is 50.9 Å². The summed E-state index contributed by atoms with van der Waals surface area (Å²) < 4.78 is 0.906. The first-order valence-corrected chi connectivity index (χ1v) is 10.6. The van der Waals surface area contributed by atoms with E-state index in [4.69, 9.17) is 0 Å². The van der Waals surface area contributed by atoms with Gasteiger partial charge in [0.2, 0.25) is 5.91 Å². The number of non-ortho nitro benzene ring substituents is 1. The fraction of sp³-hybridized carbons (Fsp3) is 0.263. The van der Waals surface area contributed by atoms with E-state index in [1.54, 1.807) is 28.8 Å². The number of nitrogens with zero attached hydrogens (tertiary/aromatic N) is 3. The molecule has 1 amide bonds. The Morgan fingerprint density at radius 2 is 2.11 bits per heavy atom. The first kappa shape index (κ1) is 18.1. The molecule has 0 spiro atoms. The minimum atomic E-state index is -0.396. The molecule has 0 bridgehead atoms. The van der Waals surface area contributed by atoms with Gasteiger partial charge in [0.15, 0.2) is 0 Å². The molecule has 0 N–H and O–H groups in total. The van der Waals surface area contributed by atoms with E-state index in [0.717, 1.165) is 39.9 Å². The molecule has 2 aliphatic rings. The summed E-state index contributed by atoms with van der Waals surface area (Å²) in [6.45, 7) is 0.645. The van der Waals surface area contributed by atoms with Crippen LogP contribution in [0.15, 0.2) is 47.5 Å². The van der Waals surface area contributed by atoms with Crippen molar-refractivity contribution in [2.45, 2.75) is 18.6 Å². The Balaban J connectivity index is 1.46. The van der Waals surface area contributed by atoms with E-state index in [0.29, 0.717) is 12.3 Å². The fourth-order valence-electron chi connectivity index (χ4n) is 3.24. The molecule has 27 heavy (non-hydrogen) atoms. The number of thioether (sulfide) groups is 2. The van der Waals surface area contributed by atoms with Crippen LogP contribution in [-0.2, 0) is 17.0 Å². The van der Waals surface area contributed by atoms with Crippen LogP contribution >= 0.6 is 23.5 Å². The minimum Gasteiger partial charge on any atom is -0.311 e. The molecule has 138 valence electrons. The molecule has 0 radical (unpaired) electrons. The predicted molar refractivity (Wildman–Crippen MR) is 111 cm³/mol. The third-order valence-electron chi connectivity index (χ3n) is 4.57. The van der Waals surface area contributed by atoms with Gasteiger partial charge in [-0.05, 0) is 36.1 Å². The van der Waals surface area contributed by atoms with Crippen molar-refractivity contribution in [1.29, 1.82) is 0 Å². The van der Waals surface area contributed by atoms with Gasteiger partial charge in [0.05, 0.1) is 16.4 Å². The number of carbonyl (C=O) groups excluding carboxylic acids is 1. The molecule has 0 saturated heterocycles. The molecule has 0 atom stereocenters. The third kappa shape index (κ3) is 3.86. The summed E-state index contributed by atoms with van der Waals surface area (Å²) in [7, 11) is 0. The van der Waals surface area contributed by atoms with Crippen LogP contribution in [0.5, 0.6) is 0 Å². The van der Waals surface area contributed by atoms with Gasteiger partial charge in [0.1, 0.15) is 4.38 Å². The maximum absolute atomic E-state index is 12.8. The Hall–Kier alpha value is -2.32. The number of aliphatic imine (C=N–C) groups is 1. The van der Waals surface area contributed by atoms with Crippen LogP contribution in [0.1, 0.15) is 17.5 Å². The van der Waals surface area contributed by atoms with Crippen LogP contribution in [0, 0.1) is 10.1 Å². The highest BCUT2D eigenvalue weighted by Gasteiger charge is 2.25. The molecule has 0 unspecified atom stereocenters. The van der Waals surface area contributed by atoms with Gasteiger partial charge in [-0.25, -0.2) is 4.99 Å². The number of amides is 1. The Bertz CT molecular complexity index is 946. The van der Waals surface area contributed by atoms with Gasteiger partial charge in [0, 0.05) is 30.1 Å². The molecule has 0 aromatic heterocycles. The van der Waals surface area contributed by atoms with Crippen LogP contribution in [0.25, 0.3) is 0 Å². The standard InChI is InChI=1S/C19H17N3O3S2/c23-18(12-27-19-20-16-6-2-1-4-14(16)11-26-19)21-9-3-5-13-10-15(22(24)25)7-8-17(13)21/h1-2,4,6-8,10H,3,5,9,11-12H2. The number of hydrogen-bond donors (Lipinski definition) is 0. The van der Waals surface area contributed by atoms with Crippen molar-refractivity contribution < 1.29 is 9.72 Å². The SMILES string of the molecule is O=C(CSC1=Nc2ccccc2CS1)N1CCCc2cc([N+](=O)[O-])ccc21. The second-order valence-electron chi connectivity index (χ2n) is 6.30. The molecule has 0 fully saturated rings. The highest BCUT2D eigenvalue weighted by Crippen LogP contribution is 2.35. The lowest BCUT2D eigenvalue weighted by Gasteiger charge is -2.29. The summed E-state index contributed by atoms with van der Waals surface area (Å²) in [6, 6.07) is 12.8. The second kappa shape index (κ2) is 7.74. The van der Waals surface area contributed by atoms with Gasteiger partial charge in [0.25, 0.3) is 5.69 Å². The normalized spacial score (nSPS) is 15.6. The van der Waals surface area contributed by atoms with Crippen molar-refractivity contribution in [3.8, 4) is 0 Å². The van der Waals surface area contributed by atoms with Crippen molar-refractivity contribution in [3.63, 3.8) is 0 Å². The Labute approximate surface area is 165 Å². The molecule has 2 aromatic carbocycles. The lowest BCUT2D eigenvalue weighted by molar-refractivity contribution is -0.384. The van der Waals surface area contributed by atoms with Crippen LogP contribution < -0.4 is 4.90 Å². The van der Waals surface area contributed by atoms with Gasteiger partial charge < -0.3 is 4.90 Å². The quantitative estimate of drug-likeness (QED) is 0.559. The van der Waals surface area contributed by atoms with Gasteiger partial charge in [-0.2, -0.15) is 0 Å². The monoisotopic (exact) mass is 399 g/mol. The molecule has 2 aromatic rings. The molecule has 6 nitrogen and oxygen atoms in total. The number of nitro benzene ring substituents is 1. The molecule has 8 heteroatoms. The van der Waals surface area contributed by atoms with Crippen LogP contribution in [0.3, 0.4) is 0 Å². The number of aryl methyl sites for hydroxylation is 1. The molecule has 0 aliphatic carbocycles. The zero-order valence-corrected chi connectivity index (χ0v) is 16.1. The average molecular weight is 399 g/mol. The first-order valence-electron chi connectivity index (χ1n) is 8.62. The number of hydrogen-bond acceptors (Lipinski definition) is 6. The molecule has 2 heterocycles. The second-order valence-corrected chi connectivity index (χ2v) is 8.49. The van der Waals surface area contributed by atoms with Crippen LogP contribution in [0.4, 0.5) is 17.1 Å². The van der Waals surface area contributed by atoms with Crippen molar-refractivity contribution in [3.05, 3.63) is 63.7 Å².